The first kappa shape index (κ1) is 19.3. The predicted octanol–water partition coefficient (Wildman–Crippen LogP) is 3.28. The smallest absolute Gasteiger partial charge is 0.326 e. The van der Waals surface area contributed by atoms with Crippen molar-refractivity contribution in [2.45, 2.75) is 12.5 Å². The number of fused-ring (bicyclic) bond motifs is 1. The molecule has 144 valence electrons. The highest BCUT2D eigenvalue weighted by Gasteiger charge is 2.21. The van der Waals surface area contributed by atoms with E-state index in [0.29, 0.717) is 0 Å². The normalized spacial score (nSPS) is 12.4. The molecule has 5 nitrogen and oxygen atoms in total. The van der Waals surface area contributed by atoms with Crippen LogP contribution in [0.1, 0.15) is 11.1 Å². The van der Waals surface area contributed by atoms with Gasteiger partial charge in [0.15, 0.2) is 0 Å². The molecule has 3 rings (SSSR count). The van der Waals surface area contributed by atoms with Crippen LogP contribution >= 0.6 is 0 Å². The Labute approximate surface area is 159 Å². The average molecular weight is 384 g/mol. The highest BCUT2D eigenvalue weighted by Crippen LogP contribution is 2.21. The van der Waals surface area contributed by atoms with Crippen LogP contribution < -0.4 is 5.32 Å². The Hall–Kier alpha value is -3.48. The van der Waals surface area contributed by atoms with Gasteiger partial charge >= 0.3 is 5.97 Å². The topological polar surface area (TPSA) is 71.3 Å². The number of carboxylic acids is 1. The van der Waals surface area contributed by atoms with Crippen molar-refractivity contribution in [2.24, 2.45) is 7.05 Å². The summed E-state index contributed by atoms with van der Waals surface area (Å²) >= 11 is 0. The van der Waals surface area contributed by atoms with Crippen molar-refractivity contribution < 1.29 is 23.5 Å². The number of nitrogens with one attached hydrogen (secondary N) is 1. The van der Waals surface area contributed by atoms with E-state index in [9.17, 15) is 23.5 Å². The van der Waals surface area contributed by atoms with Crippen LogP contribution in [0.15, 0.2) is 54.7 Å². The molecule has 3 aromatic rings. The zero-order chi connectivity index (χ0) is 20.3. The Bertz CT molecular complexity index is 1050. The van der Waals surface area contributed by atoms with Gasteiger partial charge in [0.25, 0.3) is 0 Å². The van der Waals surface area contributed by atoms with Crippen LogP contribution in [-0.2, 0) is 23.1 Å². The van der Waals surface area contributed by atoms with Crippen molar-refractivity contribution >= 4 is 28.9 Å². The first-order valence-corrected chi connectivity index (χ1v) is 8.55. The summed E-state index contributed by atoms with van der Waals surface area (Å²) in [7, 11) is 1.85. The molecule has 0 aliphatic heterocycles. The first-order valence-electron chi connectivity index (χ1n) is 8.55. The second-order valence-electron chi connectivity index (χ2n) is 6.35. The van der Waals surface area contributed by atoms with Gasteiger partial charge < -0.3 is 15.0 Å². The molecule has 7 heteroatoms. The third-order valence-corrected chi connectivity index (χ3v) is 4.42. The summed E-state index contributed by atoms with van der Waals surface area (Å²) in [6, 6.07) is 9.70. The first-order chi connectivity index (χ1) is 13.4. The molecular weight excluding hydrogens is 366 g/mol. The maximum Gasteiger partial charge on any atom is 0.326 e. The third-order valence-electron chi connectivity index (χ3n) is 4.42. The highest BCUT2D eigenvalue weighted by molar-refractivity contribution is 5.94. The molecule has 0 spiro atoms. The van der Waals surface area contributed by atoms with Crippen LogP contribution in [0.5, 0.6) is 0 Å². The van der Waals surface area contributed by atoms with Crippen molar-refractivity contribution in [3.05, 3.63) is 77.5 Å². The van der Waals surface area contributed by atoms with Gasteiger partial charge in [-0.3, -0.25) is 4.79 Å². The van der Waals surface area contributed by atoms with Crippen molar-refractivity contribution in [1.29, 1.82) is 0 Å². The lowest BCUT2D eigenvalue weighted by Gasteiger charge is -2.13. The van der Waals surface area contributed by atoms with E-state index < -0.39 is 29.6 Å². The standard InChI is InChI=1S/C21H18F2N2O3/c1-25-12-13(14-5-2-3-8-19(14)25)11-18(21(27)28)24-20(26)10-9-15-16(22)6-4-7-17(15)23/h2-10,12,18H,11H2,1H3,(H,24,26)(H,27,28)/t18-/m0/s1. The van der Waals surface area contributed by atoms with Crippen LogP contribution in [0.4, 0.5) is 8.78 Å². The van der Waals surface area contributed by atoms with Gasteiger partial charge in [-0.1, -0.05) is 24.3 Å². The molecule has 0 unspecified atom stereocenters. The monoisotopic (exact) mass is 384 g/mol. The number of aryl methyl sites for hydroxylation is 1. The number of benzene rings is 2. The van der Waals surface area contributed by atoms with Gasteiger partial charge in [-0.2, -0.15) is 0 Å². The van der Waals surface area contributed by atoms with E-state index >= 15 is 0 Å². The molecule has 28 heavy (non-hydrogen) atoms. The second-order valence-corrected chi connectivity index (χ2v) is 6.35. The van der Waals surface area contributed by atoms with Crippen LogP contribution in [-0.4, -0.2) is 27.6 Å². The maximum absolute atomic E-state index is 13.6. The summed E-state index contributed by atoms with van der Waals surface area (Å²) in [5.74, 6) is -3.58. The van der Waals surface area contributed by atoms with Crippen molar-refractivity contribution in [1.82, 2.24) is 9.88 Å². The highest BCUT2D eigenvalue weighted by atomic mass is 19.1. The van der Waals surface area contributed by atoms with Gasteiger partial charge in [-0.15, -0.1) is 0 Å². The fourth-order valence-corrected chi connectivity index (χ4v) is 3.06. The molecular formula is C21H18F2N2O3. The summed E-state index contributed by atoms with van der Waals surface area (Å²) in [4.78, 5) is 23.7. The van der Waals surface area contributed by atoms with Gasteiger partial charge in [0.1, 0.15) is 17.7 Å². The Kier molecular flexibility index (Phi) is 5.54. The molecule has 0 saturated heterocycles. The number of carbonyl (C=O) groups is 2. The minimum absolute atomic E-state index is 0.0737. The largest absolute Gasteiger partial charge is 0.480 e. The van der Waals surface area contributed by atoms with Crippen molar-refractivity contribution in [3.8, 4) is 0 Å². The quantitative estimate of drug-likeness (QED) is 0.641. The molecule has 1 heterocycles. The molecule has 0 aliphatic carbocycles. The molecule has 1 aromatic heterocycles. The fourth-order valence-electron chi connectivity index (χ4n) is 3.06. The lowest BCUT2D eigenvalue weighted by molar-refractivity contribution is -0.141. The number of carbonyl (C=O) groups excluding carboxylic acids is 1. The summed E-state index contributed by atoms with van der Waals surface area (Å²) in [5, 5.41) is 12.7. The molecule has 2 aromatic carbocycles. The van der Waals surface area contributed by atoms with E-state index in [0.717, 1.165) is 40.8 Å². The fraction of sp³-hybridized carbons (Fsp3) is 0.143. The number of hydrogen-bond donors (Lipinski definition) is 2. The Balaban J connectivity index is 1.77. The Morgan fingerprint density at radius 3 is 2.50 bits per heavy atom. The summed E-state index contributed by atoms with van der Waals surface area (Å²) in [5.41, 5.74) is 1.36. The number of aromatic nitrogens is 1. The zero-order valence-electron chi connectivity index (χ0n) is 15.0. The van der Waals surface area contributed by atoms with E-state index in [1.807, 2.05) is 42.1 Å². The Morgan fingerprint density at radius 1 is 1.14 bits per heavy atom. The third kappa shape index (κ3) is 4.09. The van der Waals surface area contributed by atoms with E-state index in [2.05, 4.69) is 5.32 Å². The number of hydrogen-bond acceptors (Lipinski definition) is 2. The van der Waals surface area contributed by atoms with E-state index in [4.69, 9.17) is 0 Å². The van der Waals surface area contributed by atoms with Crippen LogP contribution in [0, 0.1) is 11.6 Å². The van der Waals surface area contributed by atoms with E-state index in [-0.39, 0.29) is 12.0 Å². The number of nitrogens with zero attached hydrogens (tertiary/aromatic N) is 1. The number of rotatable bonds is 6. The summed E-state index contributed by atoms with van der Waals surface area (Å²) < 4.78 is 29.1. The number of para-hydroxylation sites is 1. The average Bonchev–Trinajstić information content (AvgIpc) is 2.97. The molecule has 1 atom stereocenters. The molecule has 1 amide bonds. The van der Waals surface area contributed by atoms with Gasteiger partial charge in [-0.25, -0.2) is 13.6 Å². The number of carboxylic acid groups (broad SMARTS) is 1. The summed E-state index contributed by atoms with van der Waals surface area (Å²) in [6.07, 6.45) is 3.79. The predicted molar refractivity (Wildman–Crippen MR) is 102 cm³/mol. The number of amides is 1. The van der Waals surface area contributed by atoms with Gasteiger partial charge in [-0.05, 0) is 29.8 Å². The number of halogens is 2. The van der Waals surface area contributed by atoms with Crippen LogP contribution in [0.3, 0.4) is 0 Å². The number of aliphatic carboxylic acids is 1. The Morgan fingerprint density at radius 2 is 1.82 bits per heavy atom. The van der Waals surface area contributed by atoms with Gasteiger partial charge in [0, 0.05) is 42.2 Å². The van der Waals surface area contributed by atoms with Crippen molar-refractivity contribution in [2.75, 3.05) is 0 Å². The van der Waals surface area contributed by atoms with Crippen molar-refractivity contribution in [3.63, 3.8) is 0 Å². The molecule has 2 N–H and O–H groups in total. The lowest BCUT2D eigenvalue weighted by atomic mass is 10.0. The second kappa shape index (κ2) is 8.04. The minimum atomic E-state index is -1.20. The minimum Gasteiger partial charge on any atom is -0.480 e. The zero-order valence-corrected chi connectivity index (χ0v) is 15.0. The molecule has 0 fully saturated rings. The molecule has 0 aliphatic rings. The van der Waals surface area contributed by atoms with E-state index in [1.54, 1.807) is 0 Å². The lowest BCUT2D eigenvalue weighted by Crippen LogP contribution is -2.41. The van der Waals surface area contributed by atoms with Crippen LogP contribution in [0.2, 0.25) is 0 Å². The molecule has 0 radical (unpaired) electrons. The molecule has 0 bridgehead atoms. The SMILES string of the molecule is Cn1cc(C[C@H](NC(=O)C=Cc2c(F)cccc2F)C(=O)O)c2ccccc21. The van der Waals surface area contributed by atoms with Crippen LogP contribution in [0.25, 0.3) is 17.0 Å². The summed E-state index contributed by atoms with van der Waals surface area (Å²) in [6.45, 7) is 0. The van der Waals surface area contributed by atoms with Gasteiger partial charge in [0.05, 0.1) is 0 Å². The van der Waals surface area contributed by atoms with E-state index in [1.165, 1.54) is 6.07 Å². The molecule has 0 saturated carbocycles. The van der Waals surface area contributed by atoms with Gasteiger partial charge in [0.2, 0.25) is 5.91 Å². The maximum atomic E-state index is 13.6.